The van der Waals surface area contributed by atoms with Gasteiger partial charge in [0.05, 0.1) is 0 Å². The molecule has 348 valence electrons. The first kappa shape index (κ1) is 58.0. The normalized spacial score (nSPS) is 13.5. The molecule has 0 saturated carbocycles. The van der Waals surface area contributed by atoms with Gasteiger partial charge in [-0.2, -0.15) is 0 Å². The van der Waals surface area contributed by atoms with Gasteiger partial charge in [-0.1, -0.05) is 224 Å². The lowest BCUT2D eigenvalue weighted by Gasteiger charge is -2.18. The van der Waals surface area contributed by atoms with E-state index in [0.29, 0.717) is 19.3 Å². The van der Waals surface area contributed by atoms with E-state index in [1.165, 1.54) is 19.3 Å². The van der Waals surface area contributed by atoms with Gasteiger partial charge in [0.25, 0.3) is 0 Å². The maximum atomic E-state index is 12.8. The van der Waals surface area contributed by atoms with Crippen molar-refractivity contribution in [2.45, 2.75) is 168 Å². The van der Waals surface area contributed by atoms with Gasteiger partial charge in [0.2, 0.25) is 0 Å². The number of ether oxygens (including phenoxy) is 3. The van der Waals surface area contributed by atoms with E-state index in [4.69, 9.17) is 14.2 Å². The van der Waals surface area contributed by atoms with Crippen molar-refractivity contribution >= 4 is 17.9 Å². The Morgan fingerprint density at radius 3 is 1.03 bits per heavy atom. The first-order valence-electron chi connectivity index (χ1n) is 24.2. The van der Waals surface area contributed by atoms with Crippen LogP contribution in [0.3, 0.4) is 0 Å². The summed E-state index contributed by atoms with van der Waals surface area (Å²) in [6.45, 7) is 6.18. The van der Waals surface area contributed by atoms with Crippen LogP contribution in [0.25, 0.3) is 0 Å². The zero-order valence-corrected chi connectivity index (χ0v) is 39.5. The van der Waals surface area contributed by atoms with E-state index < -0.39 is 6.10 Å². The van der Waals surface area contributed by atoms with E-state index in [0.717, 1.165) is 89.9 Å². The number of allylic oxidation sites excluding steroid dienone is 26. The van der Waals surface area contributed by atoms with Gasteiger partial charge >= 0.3 is 17.9 Å². The van der Waals surface area contributed by atoms with Gasteiger partial charge in [-0.15, -0.1) is 0 Å². The third-order valence-corrected chi connectivity index (χ3v) is 9.32. The summed E-state index contributed by atoms with van der Waals surface area (Å²) in [7, 11) is 0. The lowest BCUT2D eigenvalue weighted by Crippen LogP contribution is -2.30. The molecule has 1 atom stereocenters. The van der Waals surface area contributed by atoms with Crippen LogP contribution in [-0.2, 0) is 28.6 Å². The summed E-state index contributed by atoms with van der Waals surface area (Å²) in [5, 5.41) is 0. The van der Waals surface area contributed by atoms with Gasteiger partial charge in [-0.25, -0.2) is 0 Å². The minimum Gasteiger partial charge on any atom is -0.462 e. The predicted molar refractivity (Wildman–Crippen MR) is 269 cm³/mol. The van der Waals surface area contributed by atoms with Crippen LogP contribution in [0, 0.1) is 0 Å². The molecule has 0 spiro atoms. The minimum atomic E-state index is -0.830. The summed E-state index contributed by atoms with van der Waals surface area (Å²) in [5.74, 6) is -1.04. The van der Waals surface area contributed by atoms with Gasteiger partial charge in [-0.05, 0) is 77.0 Å². The van der Waals surface area contributed by atoms with Crippen molar-refractivity contribution < 1.29 is 28.6 Å². The second-order valence-electron chi connectivity index (χ2n) is 15.2. The van der Waals surface area contributed by atoms with E-state index in [1.54, 1.807) is 0 Å². The first-order valence-corrected chi connectivity index (χ1v) is 24.2. The second kappa shape index (κ2) is 49.7. The van der Waals surface area contributed by atoms with Crippen molar-refractivity contribution in [3.8, 4) is 0 Å². The lowest BCUT2D eigenvalue weighted by atomic mass is 10.1. The summed E-state index contributed by atoms with van der Waals surface area (Å²) in [4.78, 5) is 37.9. The molecule has 0 aromatic carbocycles. The molecule has 0 aliphatic rings. The monoisotopic (exact) mass is 865 g/mol. The molecule has 0 heterocycles. The van der Waals surface area contributed by atoms with Gasteiger partial charge in [0, 0.05) is 19.3 Å². The third-order valence-electron chi connectivity index (χ3n) is 9.32. The molecule has 0 aliphatic carbocycles. The van der Waals surface area contributed by atoms with Gasteiger partial charge in [0.1, 0.15) is 13.2 Å². The lowest BCUT2D eigenvalue weighted by molar-refractivity contribution is -0.167. The van der Waals surface area contributed by atoms with Crippen LogP contribution in [0.4, 0.5) is 0 Å². The molecule has 0 saturated heterocycles. The van der Waals surface area contributed by atoms with Crippen LogP contribution in [0.15, 0.2) is 158 Å². The Balaban J connectivity index is 4.63. The summed E-state index contributed by atoms with van der Waals surface area (Å²) in [6.07, 6.45) is 72.1. The van der Waals surface area contributed by atoms with Crippen LogP contribution in [-0.4, -0.2) is 37.2 Å². The topological polar surface area (TPSA) is 78.9 Å². The van der Waals surface area contributed by atoms with Crippen LogP contribution < -0.4 is 0 Å². The van der Waals surface area contributed by atoms with Crippen molar-refractivity contribution in [1.82, 2.24) is 0 Å². The molecule has 0 bridgehead atoms. The average Bonchev–Trinajstić information content (AvgIpc) is 3.28. The molecule has 0 amide bonds. The average molecular weight is 865 g/mol. The Kier molecular flexibility index (Phi) is 45.8. The van der Waals surface area contributed by atoms with Crippen LogP contribution >= 0.6 is 0 Å². The molecule has 0 fully saturated rings. The highest BCUT2D eigenvalue weighted by molar-refractivity contribution is 5.71. The molecule has 0 rings (SSSR count). The van der Waals surface area contributed by atoms with Crippen molar-refractivity contribution in [1.29, 1.82) is 0 Å². The first-order chi connectivity index (χ1) is 31.0. The Labute approximate surface area is 384 Å². The summed E-state index contributed by atoms with van der Waals surface area (Å²) in [6, 6.07) is 0. The maximum absolute atomic E-state index is 12.8. The molecule has 0 N–H and O–H groups in total. The highest BCUT2D eigenvalue weighted by Crippen LogP contribution is 2.11. The minimum absolute atomic E-state index is 0.124. The van der Waals surface area contributed by atoms with Crippen LogP contribution in [0.1, 0.15) is 162 Å². The molecular weight excluding hydrogens is 781 g/mol. The smallest absolute Gasteiger partial charge is 0.306 e. The fourth-order valence-electron chi connectivity index (χ4n) is 5.72. The number of unbranched alkanes of at least 4 members (excludes halogenated alkanes) is 13. The van der Waals surface area contributed by atoms with Gasteiger partial charge in [0.15, 0.2) is 6.10 Å². The van der Waals surface area contributed by atoms with Crippen molar-refractivity contribution in [2.75, 3.05) is 13.2 Å². The second-order valence-corrected chi connectivity index (χ2v) is 15.2. The number of hydrogen-bond donors (Lipinski definition) is 0. The van der Waals surface area contributed by atoms with E-state index in [1.807, 2.05) is 122 Å². The standard InChI is InChI=1S/C57H84O6/c1-4-7-10-13-16-19-22-24-26-28-30-32-35-38-41-44-47-50-56(59)62-53-54(52-61-55(58)49-46-43-40-37-34-21-18-15-12-9-6-3)63-57(60)51-48-45-42-39-36-33-31-29-27-25-23-20-17-14-11-8-5-2/h7-8,10-11,13-20,22-33,35-36,54H,4-6,9,12,21,34,37-53H2,1-3H3/b10-7-,11-8-,16-13-,17-14-,18-15-,22-19-,23-20-,26-24-,27-25-,30-28+,31-29+,35-32-,36-33-. The molecule has 63 heavy (non-hydrogen) atoms. The predicted octanol–water partition coefficient (Wildman–Crippen LogP) is 15.9. The Morgan fingerprint density at radius 1 is 0.333 bits per heavy atom. The van der Waals surface area contributed by atoms with E-state index in [2.05, 4.69) is 57.2 Å². The maximum Gasteiger partial charge on any atom is 0.306 e. The Bertz CT molecular complexity index is 1510. The van der Waals surface area contributed by atoms with Crippen LogP contribution in [0.2, 0.25) is 0 Å². The van der Waals surface area contributed by atoms with Crippen LogP contribution in [0.5, 0.6) is 0 Å². The molecule has 0 aromatic rings. The largest absolute Gasteiger partial charge is 0.462 e. The number of esters is 3. The highest BCUT2D eigenvalue weighted by atomic mass is 16.6. The third kappa shape index (κ3) is 47.9. The zero-order valence-electron chi connectivity index (χ0n) is 39.5. The molecule has 0 aliphatic heterocycles. The van der Waals surface area contributed by atoms with Gasteiger partial charge < -0.3 is 14.2 Å². The SMILES string of the molecule is CC\C=C/C=C\C=C/C=C\C=C\C=C/CCCCCC(=O)OCC(COC(=O)CCCCCCC/C=C\CCCC)OC(=O)CCCCC\C=C/C=C/C=C\C=C/C=C\C=C/CC. The molecule has 6 nitrogen and oxygen atoms in total. The number of carbonyl (C=O) groups excluding carboxylic acids is 3. The molecular formula is C57H84O6. The Morgan fingerprint density at radius 2 is 0.635 bits per heavy atom. The molecule has 1 unspecified atom stereocenters. The fourth-order valence-corrected chi connectivity index (χ4v) is 5.72. The van der Waals surface area contributed by atoms with Crippen molar-refractivity contribution in [3.63, 3.8) is 0 Å². The van der Waals surface area contributed by atoms with E-state index >= 15 is 0 Å². The number of hydrogen-bond acceptors (Lipinski definition) is 6. The van der Waals surface area contributed by atoms with Gasteiger partial charge in [-0.3, -0.25) is 14.4 Å². The number of carbonyl (C=O) groups is 3. The van der Waals surface area contributed by atoms with E-state index in [-0.39, 0.29) is 44.0 Å². The zero-order chi connectivity index (χ0) is 45.8. The van der Waals surface area contributed by atoms with Crippen molar-refractivity contribution in [3.05, 3.63) is 158 Å². The molecule has 0 aromatic heterocycles. The summed E-state index contributed by atoms with van der Waals surface area (Å²) < 4.78 is 16.7. The highest BCUT2D eigenvalue weighted by Gasteiger charge is 2.19. The van der Waals surface area contributed by atoms with E-state index in [9.17, 15) is 14.4 Å². The fraction of sp³-hybridized carbons (Fsp3) is 0.491. The molecule has 6 heteroatoms. The quantitative estimate of drug-likeness (QED) is 0.0201. The summed E-state index contributed by atoms with van der Waals surface area (Å²) in [5.41, 5.74) is 0. The summed E-state index contributed by atoms with van der Waals surface area (Å²) >= 11 is 0. The molecule has 0 radical (unpaired) electrons. The van der Waals surface area contributed by atoms with Crippen molar-refractivity contribution in [2.24, 2.45) is 0 Å². The number of rotatable bonds is 40. The Hall–Kier alpha value is -4.97.